The molecule has 1 aromatic carbocycles. The van der Waals surface area contributed by atoms with Crippen LogP contribution in [0.5, 0.6) is 0 Å². The van der Waals surface area contributed by atoms with Gasteiger partial charge in [-0.15, -0.1) is 11.8 Å². The molecular weight excluding hydrogens is 436 g/mol. The SMILES string of the molecule is CNC(=O)n1cc(C(=O)C2=CSC(c3cccnc3)N2)c2ccccc21.O=C(O)C(=O)O. The number of carbonyl (C=O) groups excluding carboxylic acids is 2. The lowest BCUT2D eigenvalue weighted by atomic mass is 10.1. The molecule has 164 valence electrons. The van der Waals surface area contributed by atoms with Crippen LogP contribution in [0.25, 0.3) is 10.9 Å². The molecule has 1 atom stereocenters. The zero-order valence-electron chi connectivity index (χ0n) is 16.7. The third-order valence-electron chi connectivity index (χ3n) is 4.41. The largest absolute Gasteiger partial charge is 0.473 e. The number of para-hydroxylation sites is 1. The number of allylic oxidation sites excluding steroid dienone is 1. The number of carboxylic acids is 2. The third-order valence-corrected chi connectivity index (χ3v) is 5.45. The standard InChI is InChI=1S/C19H16N4O2S.C2H2O4/c1-20-19(25)23-10-14(13-6-2-3-7-16(13)23)17(24)15-11-26-18(22-15)12-5-4-8-21-9-12;3-1(4)2(5)6/h2-11,18,22H,1H3,(H,20,25);(H,3,4)(H,5,6). The van der Waals surface area contributed by atoms with Gasteiger partial charge in [0.15, 0.2) is 0 Å². The van der Waals surface area contributed by atoms with Crippen molar-refractivity contribution in [2.75, 3.05) is 7.05 Å². The Morgan fingerprint density at radius 2 is 1.81 bits per heavy atom. The monoisotopic (exact) mass is 454 g/mol. The third kappa shape index (κ3) is 4.78. The Hall–Kier alpha value is -4.12. The highest BCUT2D eigenvalue weighted by molar-refractivity contribution is 8.02. The van der Waals surface area contributed by atoms with Crippen LogP contribution in [0, 0.1) is 0 Å². The van der Waals surface area contributed by atoms with E-state index in [2.05, 4.69) is 15.6 Å². The molecule has 3 heterocycles. The first-order valence-corrected chi connectivity index (χ1v) is 10.1. The van der Waals surface area contributed by atoms with E-state index in [1.54, 1.807) is 25.6 Å². The molecule has 2 aromatic heterocycles. The average molecular weight is 454 g/mol. The number of rotatable bonds is 3. The molecule has 0 radical (unpaired) electrons. The number of nitrogens with zero attached hydrogens (tertiary/aromatic N) is 2. The van der Waals surface area contributed by atoms with Crippen LogP contribution in [0.15, 0.2) is 66.1 Å². The molecule has 0 spiro atoms. The molecule has 1 aliphatic rings. The fourth-order valence-corrected chi connectivity index (χ4v) is 3.89. The topological polar surface area (TPSA) is 151 Å². The predicted octanol–water partition coefficient (Wildman–Crippen LogP) is 2.44. The molecule has 11 heteroatoms. The number of ketones is 1. The number of nitrogens with one attached hydrogen (secondary N) is 2. The van der Waals surface area contributed by atoms with E-state index in [9.17, 15) is 9.59 Å². The summed E-state index contributed by atoms with van der Waals surface area (Å²) in [6, 6.07) is 10.9. The number of aliphatic carboxylic acids is 2. The Kier molecular flexibility index (Phi) is 6.90. The summed E-state index contributed by atoms with van der Waals surface area (Å²) in [5.41, 5.74) is 2.72. The summed E-state index contributed by atoms with van der Waals surface area (Å²) < 4.78 is 1.46. The first-order valence-electron chi connectivity index (χ1n) is 9.18. The molecule has 0 saturated carbocycles. The van der Waals surface area contributed by atoms with Crippen LogP contribution in [0.2, 0.25) is 0 Å². The van der Waals surface area contributed by atoms with E-state index in [1.807, 2.05) is 41.8 Å². The van der Waals surface area contributed by atoms with Gasteiger partial charge in [-0.25, -0.2) is 14.4 Å². The smallest absolute Gasteiger partial charge is 0.414 e. The zero-order chi connectivity index (χ0) is 23.3. The zero-order valence-corrected chi connectivity index (χ0v) is 17.5. The Labute approximate surface area is 185 Å². The van der Waals surface area contributed by atoms with E-state index in [4.69, 9.17) is 19.8 Å². The molecular formula is C21H18N4O6S. The van der Waals surface area contributed by atoms with Gasteiger partial charge in [-0.2, -0.15) is 0 Å². The van der Waals surface area contributed by atoms with E-state index >= 15 is 0 Å². The van der Waals surface area contributed by atoms with Crippen molar-refractivity contribution in [3.05, 3.63) is 77.2 Å². The fourth-order valence-electron chi connectivity index (χ4n) is 2.95. The number of benzene rings is 1. The number of hydrogen-bond donors (Lipinski definition) is 4. The van der Waals surface area contributed by atoms with E-state index in [1.165, 1.54) is 16.3 Å². The van der Waals surface area contributed by atoms with Crippen LogP contribution in [-0.4, -0.2) is 50.6 Å². The van der Waals surface area contributed by atoms with Crippen LogP contribution < -0.4 is 10.6 Å². The molecule has 32 heavy (non-hydrogen) atoms. The van der Waals surface area contributed by atoms with Crippen molar-refractivity contribution in [3.63, 3.8) is 0 Å². The number of thioether (sulfide) groups is 1. The number of Topliss-reactive ketones (excluding diaryl/α,β-unsaturated/α-hetero) is 1. The highest BCUT2D eigenvalue weighted by Gasteiger charge is 2.26. The molecule has 1 aliphatic heterocycles. The number of fused-ring (bicyclic) bond motifs is 1. The predicted molar refractivity (Wildman–Crippen MR) is 117 cm³/mol. The van der Waals surface area contributed by atoms with E-state index in [0.717, 1.165) is 10.9 Å². The van der Waals surface area contributed by atoms with Gasteiger partial charge in [-0.05, 0) is 12.1 Å². The summed E-state index contributed by atoms with van der Waals surface area (Å²) in [5.74, 6) is -3.78. The highest BCUT2D eigenvalue weighted by atomic mass is 32.2. The lowest BCUT2D eigenvalue weighted by molar-refractivity contribution is -0.159. The molecule has 0 bridgehead atoms. The fraction of sp³-hybridized carbons (Fsp3) is 0.0952. The summed E-state index contributed by atoms with van der Waals surface area (Å²) in [6.07, 6.45) is 5.09. The second-order valence-electron chi connectivity index (χ2n) is 6.40. The summed E-state index contributed by atoms with van der Waals surface area (Å²) in [4.78, 5) is 47.5. The Bertz CT molecular complexity index is 1210. The van der Waals surface area contributed by atoms with E-state index in [-0.39, 0.29) is 17.2 Å². The van der Waals surface area contributed by atoms with Crippen molar-refractivity contribution in [1.29, 1.82) is 0 Å². The van der Waals surface area contributed by atoms with Gasteiger partial charge in [0.2, 0.25) is 5.78 Å². The van der Waals surface area contributed by atoms with Gasteiger partial charge in [-0.1, -0.05) is 24.3 Å². The average Bonchev–Trinajstić information content (AvgIpc) is 3.45. The molecule has 0 saturated heterocycles. The normalized spacial score (nSPS) is 14.5. The van der Waals surface area contributed by atoms with Gasteiger partial charge in [0.1, 0.15) is 5.37 Å². The maximum Gasteiger partial charge on any atom is 0.414 e. The Morgan fingerprint density at radius 1 is 1.09 bits per heavy atom. The van der Waals surface area contributed by atoms with Crippen LogP contribution in [0.1, 0.15) is 21.3 Å². The number of carbonyl (C=O) groups is 4. The van der Waals surface area contributed by atoms with Crippen molar-refractivity contribution in [3.8, 4) is 0 Å². The summed E-state index contributed by atoms with van der Waals surface area (Å²) in [7, 11) is 1.56. The summed E-state index contributed by atoms with van der Waals surface area (Å²) in [6.45, 7) is 0. The molecule has 4 N–H and O–H groups in total. The first kappa shape index (κ1) is 22.6. The van der Waals surface area contributed by atoms with Crippen molar-refractivity contribution in [2.24, 2.45) is 0 Å². The van der Waals surface area contributed by atoms with Crippen LogP contribution >= 0.6 is 11.8 Å². The maximum atomic E-state index is 13.1. The quantitative estimate of drug-likeness (QED) is 0.345. The first-order chi connectivity index (χ1) is 15.3. The van der Waals surface area contributed by atoms with Gasteiger partial charge in [0, 0.05) is 42.0 Å². The van der Waals surface area contributed by atoms with Crippen molar-refractivity contribution >= 4 is 46.4 Å². The molecule has 0 fully saturated rings. The molecule has 1 amide bonds. The summed E-state index contributed by atoms with van der Waals surface area (Å²) >= 11 is 1.53. The number of hydrogen-bond acceptors (Lipinski definition) is 7. The van der Waals surface area contributed by atoms with E-state index < -0.39 is 11.9 Å². The van der Waals surface area contributed by atoms with Gasteiger partial charge in [-0.3, -0.25) is 14.3 Å². The molecule has 0 aliphatic carbocycles. The number of carboxylic acid groups (broad SMARTS) is 2. The second kappa shape index (κ2) is 9.79. The molecule has 4 rings (SSSR count). The minimum absolute atomic E-state index is 0.0464. The van der Waals surface area contributed by atoms with Crippen molar-refractivity contribution < 1.29 is 29.4 Å². The molecule has 1 unspecified atom stereocenters. The second-order valence-corrected chi connectivity index (χ2v) is 7.38. The number of amides is 1. The van der Waals surface area contributed by atoms with Crippen LogP contribution in [-0.2, 0) is 9.59 Å². The number of aromatic nitrogens is 2. The Balaban J connectivity index is 0.000000427. The van der Waals surface area contributed by atoms with Crippen LogP contribution in [0.4, 0.5) is 4.79 Å². The lowest BCUT2D eigenvalue weighted by Crippen LogP contribution is -2.23. The Morgan fingerprint density at radius 3 is 2.44 bits per heavy atom. The van der Waals surface area contributed by atoms with Gasteiger partial charge in [0.05, 0.1) is 16.8 Å². The lowest BCUT2D eigenvalue weighted by Gasteiger charge is -2.11. The van der Waals surface area contributed by atoms with E-state index in [0.29, 0.717) is 16.8 Å². The maximum absolute atomic E-state index is 13.1. The highest BCUT2D eigenvalue weighted by Crippen LogP contribution is 2.35. The van der Waals surface area contributed by atoms with Gasteiger partial charge in [0.25, 0.3) is 0 Å². The van der Waals surface area contributed by atoms with Crippen molar-refractivity contribution in [2.45, 2.75) is 5.37 Å². The van der Waals surface area contributed by atoms with Gasteiger partial charge < -0.3 is 20.8 Å². The minimum atomic E-state index is -1.82. The minimum Gasteiger partial charge on any atom is -0.473 e. The molecule has 10 nitrogen and oxygen atoms in total. The summed E-state index contributed by atoms with van der Waals surface area (Å²) in [5, 5.41) is 23.2. The molecule has 3 aromatic rings. The van der Waals surface area contributed by atoms with Crippen LogP contribution in [0.3, 0.4) is 0 Å². The number of pyridine rings is 1. The van der Waals surface area contributed by atoms with Gasteiger partial charge >= 0.3 is 18.0 Å². The van der Waals surface area contributed by atoms with Crippen molar-refractivity contribution in [1.82, 2.24) is 20.2 Å².